The van der Waals surface area contributed by atoms with Crippen LogP contribution in [0, 0.1) is 5.92 Å². The van der Waals surface area contributed by atoms with Crippen molar-refractivity contribution in [2.45, 2.75) is 51.2 Å². The van der Waals surface area contributed by atoms with Crippen molar-refractivity contribution in [3.8, 4) is 0 Å². The molecule has 2 aliphatic rings. The number of carboxylic acid groups (broad SMARTS) is 1. The number of carbonyl (C=O) groups excluding carboxylic acids is 2. The first-order valence-electron chi connectivity index (χ1n) is 12.6. The molecule has 1 saturated heterocycles. The summed E-state index contributed by atoms with van der Waals surface area (Å²) in [6.07, 6.45) is -0.383. The highest BCUT2D eigenvalue weighted by Crippen LogP contribution is 2.38. The van der Waals surface area contributed by atoms with E-state index >= 15 is 0 Å². The summed E-state index contributed by atoms with van der Waals surface area (Å²) >= 11 is 6.13. The number of hydrogen-bond donors (Lipinski definition) is 1. The molecule has 1 N–H and O–H groups in total. The highest BCUT2D eigenvalue weighted by atomic mass is 35.5. The summed E-state index contributed by atoms with van der Waals surface area (Å²) in [5, 5.41) is 13.9. The second kappa shape index (κ2) is 10.1. The first-order chi connectivity index (χ1) is 18.5. The van der Waals surface area contributed by atoms with E-state index in [4.69, 9.17) is 11.6 Å². The van der Waals surface area contributed by atoms with Crippen LogP contribution >= 0.6 is 11.6 Å². The Labute approximate surface area is 226 Å². The normalized spacial score (nSPS) is 19.8. The van der Waals surface area contributed by atoms with E-state index in [0.717, 1.165) is 29.7 Å². The van der Waals surface area contributed by atoms with Crippen LogP contribution in [-0.4, -0.2) is 50.2 Å². The van der Waals surface area contributed by atoms with Gasteiger partial charge in [-0.3, -0.25) is 14.4 Å². The van der Waals surface area contributed by atoms with Gasteiger partial charge in [0.1, 0.15) is 0 Å². The van der Waals surface area contributed by atoms with E-state index < -0.39 is 35.1 Å². The summed E-state index contributed by atoms with van der Waals surface area (Å²) in [5.41, 5.74) is -0.430. The lowest BCUT2D eigenvalue weighted by Gasteiger charge is -2.21. The fraction of sp³-hybridized carbons (Fsp3) is 0.357. The van der Waals surface area contributed by atoms with Crippen LogP contribution in [0.4, 0.5) is 13.2 Å². The van der Waals surface area contributed by atoms with E-state index in [9.17, 15) is 32.7 Å². The minimum absolute atomic E-state index is 0.0438. The number of benzene rings is 2. The van der Waals surface area contributed by atoms with Crippen molar-refractivity contribution in [2.24, 2.45) is 5.92 Å². The van der Waals surface area contributed by atoms with Gasteiger partial charge in [-0.05, 0) is 74.9 Å². The SMILES string of the molecule is C[C@@H]1CCCN1C(=O)c1ccc2c(C3=CCC(C(=O)O)CC3)nn(C(=O)c3c(Cl)cccc3C(F)(F)F)c2c1. The van der Waals surface area contributed by atoms with Gasteiger partial charge in [0.05, 0.1) is 33.3 Å². The smallest absolute Gasteiger partial charge is 0.417 e. The fourth-order valence-corrected chi connectivity index (χ4v) is 5.65. The minimum atomic E-state index is -4.84. The highest BCUT2D eigenvalue weighted by molar-refractivity contribution is 6.34. The van der Waals surface area contributed by atoms with Crippen LogP contribution < -0.4 is 0 Å². The maximum Gasteiger partial charge on any atom is 0.417 e. The van der Waals surface area contributed by atoms with Crippen molar-refractivity contribution in [2.75, 3.05) is 6.54 Å². The van der Waals surface area contributed by atoms with Crippen LogP contribution in [0.5, 0.6) is 0 Å². The molecule has 0 spiro atoms. The van der Waals surface area contributed by atoms with Gasteiger partial charge in [-0.2, -0.15) is 23.0 Å². The highest BCUT2D eigenvalue weighted by Gasteiger charge is 2.38. The number of halogens is 4. The van der Waals surface area contributed by atoms with Crippen molar-refractivity contribution in [3.05, 3.63) is 69.9 Å². The van der Waals surface area contributed by atoms with Gasteiger partial charge in [-0.15, -0.1) is 0 Å². The Morgan fingerprint density at radius 2 is 1.87 bits per heavy atom. The Balaban J connectivity index is 1.67. The molecule has 1 aliphatic carbocycles. The summed E-state index contributed by atoms with van der Waals surface area (Å²) in [5.74, 6) is -2.77. The first-order valence-corrected chi connectivity index (χ1v) is 13.0. The number of allylic oxidation sites excluding steroid dienone is 2. The summed E-state index contributed by atoms with van der Waals surface area (Å²) < 4.78 is 42.4. The Kier molecular flexibility index (Phi) is 7.00. The van der Waals surface area contributed by atoms with Gasteiger partial charge in [-0.1, -0.05) is 23.7 Å². The van der Waals surface area contributed by atoms with Crippen molar-refractivity contribution in [1.82, 2.24) is 14.7 Å². The Hall–Kier alpha value is -3.66. The molecular weight excluding hydrogens is 535 g/mol. The van der Waals surface area contributed by atoms with Crippen molar-refractivity contribution < 1.29 is 32.7 Å². The summed E-state index contributed by atoms with van der Waals surface area (Å²) in [4.78, 5) is 40.1. The summed E-state index contributed by atoms with van der Waals surface area (Å²) in [6.45, 7) is 2.54. The van der Waals surface area contributed by atoms with E-state index in [1.807, 2.05) is 6.92 Å². The number of nitrogens with zero attached hydrogens (tertiary/aromatic N) is 3. The summed E-state index contributed by atoms with van der Waals surface area (Å²) in [7, 11) is 0. The zero-order valence-electron chi connectivity index (χ0n) is 21.0. The van der Waals surface area contributed by atoms with Crippen molar-refractivity contribution >= 4 is 45.9 Å². The largest absolute Gasteiger partial charge is 0.481 e. The van der Waals surface area contributed by atoms with Gasteiger partial charge in [0.2, 0.25) is 0 Å². The van der Waals surface area contributed by atoms with E-state index in [0.29, 0.717) is 36.0 Å². The number of aliphatic carboxylic acids is 1. The van der Waals surface area contributed by atoms with Gasteiger partial charge >= 0.3 is 12.1 Å². The first kappa shape index (κ1) is 26.9. The molecule has 0 radical (unpaired) electrons. The number of amides is 1. The number of aromatic nitrogens is 2. The molecule has 0 bridgehead atoms. The molecule has 11 heteroatoms. The number of hydrogen-bond acceptors (Lipinski definition) is 4. The predicted molar refractivity (Wildman–Crippen MR) is 139 cm³/mol. The number of carbonyl (C=O) groups is 3. The quantitative estimate of drug-likeness (QED) is 0.405. The van der Waals surface area contributed by atoms with Crippen LogP contribution in [0.2, 0.25) is 5.02 Å². The molecule has 39 heavy (non-hydrogen) atoms. The molecule has 1 aliphatic heterocycles. The molecule has 1 amide bonds. The molecule has 2 aromatic carbocycles. The topological polar surface area (TPSA) is 92.5 Å². The Bertz CT molecular complexity index is 1530. The number of fused-ring (bicyclic) bond motifs is 1. The average Bonchev–Trinajstić information content (AvgIpc) is 3.50. The molecule has 2 atom stereocenters. The fourth-order valence-electron chi connectivity index (χ4n) is 5.40. The third-order valence-electron chi connectivity index (χ3n) is 7.53. The maximum atomic E-state index is 13.8. The van der Waals surface area contributed by atoms with Crippen molar-refractivity contribution in [3.63, 3.8) is 0 Å². The van der Waals surface area contributed by atoms with Gasteiger partial charge in [0, 0.05) is 23.5 Å². The van der Waals surface area contributed by atoms with E-state index in [2.05, 4.69) is 5.10 Å². The summed E-state index contributed by atoms with van der Waals surface area (Å²) in [6, 6.07) is 7.88. The van der Waals surface area contributed by atoms with Crippen LogP contribution in [0.25, 0.3) is 16.5 Å². The standard InChI is InChI=1S/C28H25ClF3N3O4/c1-15-4-3-13-34(15)25(36)18-11-12-19-22(14-18)35(33-24(19)16-7-9-17(10-8-16)27(38)39)26(37)23-20(28(30,31)32)5-2-6-21(23)29/h2,5-7,11-12,14-15,17H,3-4,8-10,13H2,1H3,(H,38,39)/t15-,17?/m1/s1. The van der Waals surface area contributed by atoms with E-state index in [1.165, 1.54) is 12.1 Å². The molecule has 1 aromatic heterocycles. The zero-order valence-corrected chi connectivity index (χ0v) is 21.7. The Morgan fingerprint density at radius 3 is 2.49 bits per heavy atom. The molecule has 1 fully saturated rings. The second-order valence-electron chi connectivity index (χ2n) is 9.99. The third kappa shape index (κ3) is 4.93. The minimum Gasteiger partial charge on any atom is -0.481 e. The molecule has 3 aromatic rings. The van der Waals surface area contributed by atoms with Gasteiger partial charge in [0.25, 0.3) is 11.8 Å². The molecule has 204 valence electrons. The van der Waals surface area contributed by atoms with Crippen molar-refractivity contribution in [1.29, 1.82) is 0 Å². The molecule has 0 saturated carbocycles. The van der Waals surface area contributed by atoms with E-state index in [-0.39, 0.29) is 34.5 Å². The van der Waals surface area contributed by atoms with Gasteiger partial charge in [0.15, 0.2) is 0 Å². The van der Waals surface area contributed by atoms with Crippen LogP contribution in [-0.2, 0) is 11.0 Å². The predicted octanol–water partition coefficient (Wildman–Crippen LogP) is 6.29. The number of likely N-dealkylation sites (tertiary alicyclic amines) is 1. The van der Waals surface area contributed by atoms with Crippen LogP contribution in [0.1, 0.15) is 71.0 Å². The molecule has 7 nitrogen and oxygen atoms in total. The number of carboxylic acids is 1. The average molecular weight is 560 g/mol. The molecule has 5 rings (SSSR count). The monoisotopic (exact) mass is 559 g/mol. The number of rotatable bonds is 4. The lowest BCUT2D eigenvalue weighted by Crippen LogP contribution is -2.33. The van der Waals surface area contributed by atoms with Gasteiger partial charge in [-0.25, -0.2) is 0 Å². The lowest BCUT2D eigenvalue weighted by atomic mass is 9.87. The van der Waals surface area contributed by atoms with Gasteiger partial charge < -0.3 is 10.0 Å². The maximum absolute atomic E-state index is 13.8. The van der Waals surface area contributed by atoms with Crippen LogP contribution in [0.3, 0.4) is 0 Å². The Morgan fingerprint density at radius 1 is 1.10 bits per heavy atom. The molecule has 1 unspecified atom stereocenters. The number of alkyl halides is 3. The lowest BCUT2D eigenvalue weighted by molar-refractivity contribution is -0.142. The third-order valence-corrected chi connectivity index (χ3v) is 7.85. The second-order valence-corrected chi connectivity index (χ2v) is 10.4. The molecular formula is C28H25ClF3N3O4. The molecule has 2 heterocycles. The van der Waals surface area contributed by atoms with Crippen LogP contribution in [0.15, 0.2) is 42.5 Å². The zero-order chi connectivity index (χ0) is 28.1. The van der Waals surface area contributed by atoms with E-state index in [1.54, 1.807) is 23.1 Å².